The fourth-order valence-corrected chi connectivity index (χ4v) is 2.26. The van der Waals surface area contributed by atoms with Gasteiger partial charge < -0.3 is 14.7 Å². The molecule has 1 aliphatic rings. The molecule has 1 fully saturated rings. The van der Waals surface area contributed by atoms with Gasteiger partial charge in [-0.2, -0.15) is 5.26 Å². The number of hydrogen-bond donors (Lipinski definition) is 1. The minimum Gasteiger partial charge on any atom is -0.481 e. The maximum absolute atomic E-state index is 12.2. The Morgan fingerprint density at radius 1 is 1.33 bits per heavy atom. The average Bonchev–Trinajstić information content (AvgIpc) is 2.43. The largest absolute Gasteiger partial charge is 0.481 e. The van der Waals surface area contributed by atoms with E-state index in [2.05, 4.69) is 0 Å². The normalized spacial score (nSPS) is 17.8. The summed E-state index contributed by atoms with van der Waals surface area (Å²) in [5.41, 5.74) is -0.227. The van der Waals surface area contributed by atoms with Crippen LogP contribution in [0.5, 0.6) is 5.75 Å². The number of likely N-dealkylation sites (tertiary alicyclic amines) is 1. The van der Waals surface area contributed by atoms with E-state index in [1.54, 1.807) is 36.1 Å². The molecular weight excluding hydrogens is 268 g/mol. The lowest BCUT2D eigenvalue weighted by atomic mass is 9.83. The first kappa shape index (κ1) is 15.3. The van der Waals surface area contributed by atoms with Crippen LogP contribution in [0.3, 0.4) is 0 Å². The van der Waals surface area contributed by atoms with Crippen LogP contribution in [0.1, 0.15) is 26.3 Å². The van der Waals surface area contributed by atoms with E-state index in [0.717, 1.165) is 0 Å². The van der Waals surface area contributed by atoms with E-state index in [9.17, 15) is 9.90 Å². The molecule has 21 heavy (non-hydrogen) atoms. The van der Waals surface area contributed by atoms with Crippen molar-refractivity contribution in [3.63, 3.8) is 0 Å². The van der Waals surface area contributed by atoms with Crippen molar-refractivity contribution in [1.29, 1.82) is 5.26 Å². The van der Waals surface area contributed by atoms with Gasteiger partial charge in [-0.25, -0.2) is 0 Å². The second kappa shape index (κ2) is 5.74. The van der Waals surface area contributed by atoms with Crippen molar-refractivity contribution in [2.75, 3.05) is 13.1 Å². The van der Waals surface area contributed by atoms with E-state index in [4.69, 9.17) is 10.00 Å². The number of benzene rings is 1. The summed E-state index contributed by atoms with van der Waals surface area (Å²) in [5.74, 6) is 0.537. The standard InChI is InChI=1S/C16H20N2O3/c1-11(2)16(20)9-18(10-16)15(19)12(3)21-14-6-4-13(8-17)5-7-14/h4-7,11-12,20H,9-10H2,1-3H3. The molecule has 0 aliphatic carbocycles. The highest BCUT2D eigenvalue weighted by Crippen LogP contribution is 2.29. The van der Waals surface area contributed by atoms with Gasteiger partial charge in [0, 0.05) is 0 Å². The van der Waals surface area contributed by atoms with Crippen molar-refractivity contribution in [2.45, 2.75) is 32.5 Å². The zero-order chi connectivity index (χ0) is 15.6. The molecule has 2 rings (SSSR count). The quantitative estimate of drug-likeness (QED) is 0.912. The SMILES string of the molecule is CC(Oc1ccc(C#N)cc1)C(=O)N1CC(O)(C(C)C)C1. The van der Waals surface area contributed by atoms with Crippen LogP contribution in [0.25, 0.3) is 0 Å². The van der Waals surface area contributed by atoms with Gasteiger partial charge in [0.05, 0.1) is 24.7 Å². The molecule has 1 aromatic rings. The molecule has 0 saturated carbocycles. The zero-order valence-electron chi connectivity index (χ0n) is 12.5. The van der Waals surface area contributed by atoms with E-state index in [1.165, 1.54) is 0 Å². The van der Waals surface area contributed by atoms with Crippen LogP contribution in [0, 0.1) is 17.2 Å². The maximum atomic E-state index is 12.2. The maximum Gasteiger partial charge on any atom is 0.263 e. The Bertz CT molecular complexity index is 554. The number of carbonyl (C=O) groups excluding carboxylic acids is 1. The van der Waals surface area contributed by atoms with Gasteiger partial charge in [0.2, 0.25) is 0 Å². The highest BCUT2D eigenvalue weighted by atomic mass is 16.5. The minimum atomic E-state index is -0.774. The lowest BCUT2D eigenvalue weighted by Gasteiger charge is -2.49. The highest BCUT2D eigenvalue weighted by Gasteiger charge is 2.46. The van der Waals surface area contributed by atoms with Crippen LogP contribution < -0.4 is 4.74 Å². The first-order valence-corrected chi connectivity index (χ1v) is 7.04. The van der Waals surface area contributed by atoms with E-state index < -0.39 is 11.7 Å². The Labute approximate surface area is 124 Å². The predicted molar refractivity (Wildman–Crippen MR) is 77.6 cm³/mol. The number of aliphatic hydroxyl groups is 1. The monoisotopic (exact) mass is 288 g/mol. The van der Waals surface area contributed by atoms with Gasteiger partial charge in [0.1, 0.15) is 11.4 Å². The van der Waals surface area contributed by atoms with Crippen LogP contribution >= 0.6 is 0 Å². The minimum absolute atomic E-state index is 0.122. The number of carbonyl (C=O) groups is 1. The summed E-state index contributed by atoms with van der Waals surface area (Å²) < 4.78 is 5.58. The molecular formula is C16H20N2O3. The molecule has 5 nitrogen and oxygen atoms in total. The lowest BCUT2D eigenvalue weighted by molar-refractivity contribution is -0.169. The first-order chi connectivity index (χ1) is 9.85. The number of rotatable bonds is 4. The van der Waals surface area contributed by atoms with Crippen LogP contribution in [-0.4, -0.2) is 40.7 Å². The summed E-state index contributed by atoms with van der Waals surface area (Å²) in [5, 5.41) is 18.9. The summed E-state index contributed by atoms with van der Waals surface area (Å²) in [4.78, 5) is 13.8. The van der Waals surface area contributed by atoms with Gasteiger partial charge in [0.15, 0.2) is 6.10 Å². The molecule has 1 atom stereocenters. The van der Waals surface area contributed by atoms with Crippen LogP contribution in [0.2, 0.25) is 0 Å². The van der Waals surface area contributed by atoms with Crippen molar-refractivity contribution in [2.24, 2.45) is 5.92 Å². The van der Waals surface area contributed by atoms with Crippen molar-refractivity contribution in [1.82, 2.24) is 4.90 Å². The average molecular weight is 288 g/mol. The molecule has 1 heterocycles. The lowest BCUT2D eigenvalue weighted by Crippen LogP contribution is -2.67. The topological polar surface area (TPSA) is 73.6 Å². The first-order valence-electron chi connectivity index (χ1n) is 7.04. The van der Waals surface area contributed by atoms with Crippen LogP contribution in [0.4, 0.5) is 0 Å². The zero-order valence-corrected chi connectivity index (χ0v) is 12.5. The molecule has 112 valence electrons. The number of nitriles is 1. The molecule has 1 unspecified atom stereocenters. The Hall–Kier alpha value is -2.06. The second-order valence-electron chi connectivity index (χ2n) is 5.85. The van der Waals surface area contributed by atoms with Crippen molar-refractivity contribution in [3.05, 3.63) is 29.8 Å². The molecule has 1 aromatic carbocycles. The van der Waals surface area contributed by atoms with Gasteiger partial charge in [-0.1, -0.05) is 13.8 Å². The number of hydrogen-bond acceptors (Lipinski definition) is 4. The molecule has 0 radical (unpaired) electrons. The van der Waals surface area contributed by atoms with Crippen molar-refractivity contribution in [3.8, 4) is 11.8 Å². The molecule has 5 heteroatoms. The van der Waals surface area contributed by atoms with Crippen molar-refractivity contribution >= 4 is 5.91 Å². The Morgan fingerprint density at radius 3 is 2.38 bits per heavy atom. The fraction of sp³-hybridized carbons (Fsp3) is 0.500. The van der Waals surface area contributed by atoms with Crippen LogP contribution in [0.15, 0.2) is 24.3 Å². The Morgan fingerprint density at radius 2 is 1.90 bits per heavy atom. The van der Waals surface area contributed by atoms with E-state index in [0.29, 0.717) is 24.4 Å². The summed E-state index contributed by atoms with van der Waals surface area (Å²) in [6.07, 6.45) is -0.616. The summed E-state index contributed by atoms with van der Waals surface area (Å²) in [6, 6.07) is 8.66. The molecule has 0 aromatic heterocycles. The Balaban J connectivity index is 1.90. The molecule has 1 aliphatic heterocycles. The summed E-state index contributed by atoms with van der Waals surface area (Å²) in [6.45, 7) is 6.28. The van der Waals surface area contributed by atoms with E-state index in [1.807, 2.05) is 19.9 Å². The third kappa shape index (κ3) is 3.17. The molecule has 1 amide bonds. The van der Waals surface area contributed by atoms with Crippen LogP contribution in [-0.2, 0) is 4.79 Å². The van der Waals surface area contributed by atoms with Crippen molar-refractivity contribution < 1.29 is 14.6 Å². The molecule has 0 spiro atoms. The fourth-order valence-electron chi connectivity index (χ4n) is 2.26. The van der Waals surface area contributed by atoms with Gasteiger partial charge in [-0.05, 0) is 37.1 Å². The predicted octanol–water partition coefficient (Wildman–Crippen LogP) is 1.55. The highest BCUT2D eigenvalue weighted by molar-refractivity contribution is 5.82. The second-order valence-corrected chi connectivity index (χ2v) is 5.85. The number of ether oxygens (including phenoxy) is 1. The van der Waals surface area contributed by atoms with E-state index >= 15 is 0 Å². The van der Waals surface area contributed by atoms with E-state index in [-0.39, 0.29) is 11.8 Å². The molecule has 1 N–H and O–H groups in total. The summed E-state index contributed by atoms with van der Waals surface area (Å²) in [7, 11) is 0. The summed E-state index contributed by atoms with van der Waals surface area (Å²) >= 11 is 0. The number of β-amino-alcohol motifs (C(OH)–C–C–N with tert-alkyl or cyclic N) is 1. The molecule has 1 saturated heterocycles. The number of nitrogens with zero attached hydrogens (tertiary/aromatic N) is 2. The Kier molecular flexibility index (Phi) is 4.19. The van der Waals surface area contributed by atoms with Gasteiger partial charge in [-0.3, -0.25) is 4.79 Å². The van der Waals surface area contributed by atoms with Gasteiger partial charge >= 0.3 is 0 Å². The number of amides is 1. The smallest absolute Gasteiger partial charge is 0.263 e. The third-order valence-electron chi connectivity index (χ3n) is 3.96. The van der Waals surface area contributed by atoms with Gasteiger partial charge in [0.25, 0.3) is 5.91 Å². The molecule has 0 bridgehead atoms. The third-order valence-corrected chi connectivity index (χ3v) is 3.96. The van der Waals surface area contributed by atoms with Gasteiger partial charge in [-0.15, -0.1) is 0 Å².